The van der Waals surface area contributed by atoms with Gasteiger partial charge in [-0.25, -0.2) is 14.1 Å². The van der Waals surface area contributed by atoms with Crippen LogP contribution in [0.15, 0.2) is 54.0 Å². The second-order valence-electron chi connectivity index (χ2n) is 7.89. The third-order valence-corrected chi connectivity index (χ3v) is 6.73. The van der Waals surface area contributed by atoms with Crippen molar-refractivity contribution >= 4 is 45.7 Å². The van der Waals surface area contributed by atoms with Crippen LogP contribution >= 0.6 is 22.9 Å². The van der Waals surface area contributed by atoms with E-state index in [2.05, 4.69) is 26.6 Å². The summed E-state index contributed by atoms with van der Waals surface area (Å²) in [5, 5.41) is 15.1. The van der Waals surface area contributed by atoms with Crippen molar-refractivity contribution < 1.29 is 9.18 Å². The maximum Gasteiger partial charge on any atom is 0.247 e. The zero-order valence-corrected chi connectivity index (χ0v) is 20.0. The van der Waals surface area contributed by atoms with Gasteiger partial charge in [0, 0.05) is 33.4 Å². The van der Waals surface area contributed by atoms with Crippen LogP contribution in [-0.4, -0.2) is 30.5 Å². The molecule has 0 spiro atoms. The smallest absolute Gasteiger partial charge is 0.247 e. The van der Waals surface area contributed by atoms with Crippen LogP contribution < -0.4 is 5.32 Å². The highest BCUT2D eigenvalue weighted by Crippen LogP contribution is 2.32. The summed E-state index contributed by atoms with van der Waals surface area (Å²) in [5.41, 5.74) is 4.09. The molecule has 0 unspecified atom stereocenters. The molecule has 10 heteroatoms. The number of aromatic nitrogens is 5. The number of carbonyl (C=O) groups excluding carboxylic acids is 1. The number of anilines is 1. The van der Waals surface area contributed by atoms with Gasteiger partial charge in [-0.05, 0) is 49.1 Å². The number of halogens is 2. The molecule has 1 amide bonds. The summed E-state index contributed by atoms with van der Waals surface area (Å²) in [7, 11) is 0. The lowest BCUT2D eigenvalue weighted by molar-refractivity contribution is -0.116. The number of thiophene rings is 1. The van der Waals surface area contributed by atoms with E-state index in [0.717, 1.165) is 32.8 Å². The number of hydrogen-bond acceptors (Lipinski definition) is 5. The average Bonchev–Trinajstić information content (AvgIpc) is 3.51. The van der Waals surface area contributed by atoms with Gasteiger partial charge < -0.3 is 5.32 Å². The number of amides is 1. The monoisotopic (exact) mass is 494 g/mol. The van der Waals surface area contributed by atoms with E-state index in [1.807, 2.05) is 31.4 Å². The van der Waals surface area contributed by atoms with Gasteiger partial charge in [-0.15, -0.1) is 11.3 Å². The molecule has 0 aliphatic heterocycles. The molecule has 0 aliphatic rings. The van der Waals surface area contributed by atoms with Gasteiger partial charge in [0.2, 0.25) is 5.91 Å². The number of fused-ring (bicyclic) bond motifs is 1. The van der Waals surface area contributed by atoms with Crippen molar-refractivity contribution in [3.63, 3.8) is 0 Å². The first kappa shape index (κ1) is 22.2. The van der Waals surface area contributed by atoms with Crippen molar-refractivity contribution in [2.24, 2.45) is 0 Å². The van der Waals surface area contributed by atoms with Crippen LogP contribution in [0.25, 0.3) is 21.5 Å². The normalized spacial score (nSPS) is 11.3. The minimum absolute atomic E-state index is 0.000924. The highest BCUT2D eigenvalue weighted by molar-refractivity contribution is 7.13. The van der Waals surface area contributed by atoms with Crippen molar-refractivity contribution in [3.05, 3.63) is 81.8 Å². The predicted molar refractivity (Wildman–Crippen MR) is 132 cm³/mol. The Morgan fingerprint density at radius 3 is 2.76 bits per heavy atom. The second-order valence-corrected chi connectivity index (χ2v) is 9.24. The lowest BCUT2D eigenvalue weighted by atomic mass is 10.1. The number of nitrogens with zero attached hydrogens (tertiary/aromatic N) is 5. The fraction of sp³-hybridized carbons (Fsp3) is 0.167. The van der Waals surface area contributed by atoms with E-state index in [-0.39, 0.29) is 12.5 Å². The number of pyridine rings is 1. The second kappa shape index (κ2) is 9.00. The number of nitrogens with one attached hydrogen (secondary N) is 1. The van der Waals surface area contributed by atoms with Crippen LogP contribution in [0.4, 0.5) is 10.2 Å². The van der Waals surface area contributed by atoms with Gasteiger partial charge in [-0.2, -0.15) is 10.2 Å². The molecule has 0 aliphatic carbocycles. The van der Waals surface area contributed by atoms with E-state index < -0.39 is 5.82 Å². The minimum atomic E-state index is -0.391. The number of hydrogen-bond donors (Lipinski definition) is 1. The van der Waals surface area contributed by atoms with Crippen molar-refractivity contribution in [1.82, 2.24) is 24.5 Å². The standard InChI is InChI=1S/C24H20ClFN6OS/c1-14-10-21(30-31(14)12-16-5-6-17(26)11-19(16)25)28-22(33)13-32-24-23(15(2)29-32)18(7-8-27-24)20-4-3-9-34-20/h3-11H,12-13H2,1-2H3,(H,28,30,33). The van der Waals surface area contributed by atoms with Crippen LogP contribution in [0.5, 0.6) is 0 Å². The summed E-state index contributed by atoms with van der Waals surface area (Å²) in [4.78, 5) is 18.4. The van der Waals surface area contributed by atoms with Crippen LogP contribution in [0.3, 0.4) is 0 Å². The van der Waals surface area contributed by atoms with E-state index in [0.29, 0.717) is 23.0 Å². The molecule has 0 bridgehead atoms. The zero-order valence-electron chi connectivity index (χ0n) is 18.4. The Bertz CT molecular complexity index is 1510. The average molecular weight is 495 g/mol. The topological polar surface area (TPSA) is 77.6 Å². The Labute approximate surface area is 203 Å². The largest absolute Gasteiger partial charge is 0.308 e. The summed E-state index contributed by atoms with van der Waals surface area (Å²) < 4.78 is 16.6. The molecule has 4 heterocycles. The van der Waals surface area contributed by atoms with Crippen LogP contribution in [0, 0.1) is 19.7 Å². The summed E-state index contributed by atoms with van der Waals surface area (Å²) in [6.45, 7) is 4.15. The lowest BCUT2D eigenvalue weighted by Crippen LogP contribution is -2.20. The number of aryl methyl sites for hydroxylation is 2. The van der Waals surface area contributed by atoms with Gasteiger partial charge in [0.05, 0.1) is 17.6 Å². The Balaban J connectivity index is 1.34. The highest BCUT2D eigenvalue weighted by Gasteiger charge is 2.17. The molecule has 5 aromatic rings. The Morgan fingerprint density at radius 1 is 1.15 bits per heavy atom. The molecule has 7 nitrogen and oxygen atoms in total. The molecule has 0 saturated carbocycles. The van der Waals surface area contributed by atoms with E-state index in [4.69, 9.17) is 11.6 Å². The molecule has 5 rings (SSSR count). The molecular weight excluding hydrogens is 475 g/mol. The molecule has 0 atom stereocenters. The quantitative estimate of drug-likeness (QED) is 0.340. The first-order valence-corrected chi connectivity index (χ1v) is 11.8. The van der Waals surface area contributed by atoms with E-state index >= 15 is 0 Å². The maximum absolute atomic E-state index is 13.3. The van der Waals surface area contributed by atoms with Crippen LogP contribution in [0.2, 0.25) is 5.02 Å². The summed E-state index contributed by atoms with van der Waals surface area (Å²) in [6, 6.07) is 12.1. The van der Waals surface area contributed by atoms with E-state index in [1.54, 1.807) is 39.0 Å². The zero-order chi connectivity index (χ0) is 23.8. The minimum Gasteiger partial charge on any atom is -0.308 e. The summed E-state index contributed by atoms with van der Waals surface area (Å²) >= 11 is 7.79. The van der Waals surface area contributed by atoms with Gasteiger partial charge in [0.1, 0.15) is 12.4 Å². The molecule has 172 valence electrons. The fourth-order valence-corrected chi connectivity index (χ4v) is 4.87. The first-order chi connectivity index (χ1) is 16.4. The van der Waals surface area contributed by atoms with Crippen molar-refractivity contribution in [1.29, 1.82) is 0 Å². The summed E-state index contributed by atoms with van der Waals surface area (Å²) in [5.74, 6) is -0.240. The van der Waals surface area contributed by atoms with Gasteiger partial charge >= 0.3 is 0 Å². The maximum atomic E-state index is 13.3. The molecule has 4 aromatic heterocycles. The number of benzene rings is 1. The summed E-state index contributed by atoms with van der Waals surface area (Å²) in [6.07, 6.45) is 1.73. The van der Waals surface area contributed by atoms with Crippen LogP contribution in [0.1, 0.15) is 17.0 Å². The molecule has 0 fully saturated rings. The number of rotatable bonds is 6. The molecule has 0 radical (unpaired) electrons. The molecule has 34 heavy (non-hydrogen) atoms. The Kier molecular flexibility index (Phi) is 5.89. The van der Waals surface area contributed by atoms with Crippen molar-refractivity contribution in [3.8, 4) is 10.4 Å². The number of carbonyl (C=O) groups is 1. The highest BCUT2D eigenvalue weighted by atomic mass is 35.5. The van der Waals surface area contributed by atoms with Crippen LogP contribution in [-0.2, 0) is 17.9 Å². The fourth-order valence-electron chi connectivity index (χ4n) is 3.89. The Morgan fingerprint density at radius 2 is 2.00 bits per heavy atom. The third-order valence-electron chi connectivity index (χ3n) is 5.47. The van der Waals surface area contributed by atoms with Crippen molar-refractivity contribution in [2.45, 2.75) is 26.9 Å². The first-order valence-electron chi connectivity index (χ1n) is 10.5. The molecule has 1 aromatic carbocycles. The Hall–Kier alpha value is -3.56. The van der Waals surface area contributed by atoms with Gasteiger partial charge in [-0.1, -0.05) is 23.7 Å². The van der Waals surface area contributed by atoms with E-state index in [9.17, 15) is 9.18 Å². The third kappa shape index (κ3) is 4.32. The SMILES string of the molecule is Cc1nn(CC(=O)Nc2cc(C)n(Cc3ccc(F)cc3Cl)n2)c2nccc(-c3cccs3)c12. The lowest BCUT2D eigenvalue weighted by Gasteiger charge is -2.07. The van der Waals surface area contributed by atoms with Gasteiger partial charge in [0.25, 0.3) is 0 Å². The van der Waals surface area contributed by atoms with Gasteiger partial charge in [-0.3, -0.25) is 9.48 Å². The molecule has 1 N–H and O–H groups in total. The van der Waals surface area contributed by atoms with Gasteiger partial charge in [0.15, 0.2) is 11.5 Å². The molecular formula is C24H20ClFN6OS. The van der Waals surface area contributed by atoms with Crippen molar-refractivity contribution in [2.75, 3.05) is 5.32 Å². The predicted octanol–water partition coefficient (Wildman–Crippen LogP) is 5.45. The van der Waals surface area contributed by atoms with E-state index in [1.165, 1.54) is 12.1 Å². The molecule has 0 saturated heterocycles.